The molecular weight excluding hydrogens is 488 g/mol. The molecule has 0 spiro atoms. The summed E-state index contributed by atoms with van der Waals surface area (Å²) in [5.74, 6) is 0.924. The van der Waals surface area contributed by atoms with Crippen molar-refractivity contribution in [3.63, 3.8) is 0 Å². The first-order valence-corrected chi connectivity index (χ1v) is 12.6. The fourth-order valence-corrected chi connectivity index (χ4v) is 4.62. The number of H-pyrrole nitrogens is 1. The van der Waals surface area contributed by atoms with Gasteiger partial charge in [0.05, 0.1) is 17.8 Å². The first-order valence-electron chi connectivity index (χ1n) is 12.6. The van der Waals surface area contributed by atoms with E-state index < -0.39 is 11.7 Å². The lowest BCUT2D eigenvalue weighted by atomic mass is 9.93. The van der Waals surface area contributed by atoms with Crippen molar-refractivity contribution >= 4 is 22.8 Å². The van der Waals surface area contributed by atoms with Crippen molar-refractivity contribution in [2.75, 3.05) is 11.9 Å². The molecule has 1 amide bonds. The normalized spacial score (nSPS) is 17.9. The van der Waals surface area contributed by atoms with Crippen molar-refractivity contribution in [1.82, 2.24) is 34.7 Å². The zero-order valence-corrected chi connectivity index (χ0v) is 22.2. The zero-order chi connectivity index (χ0) is 27.0. The molecule has 0 atom stereocenters. The van der Waals surface area contributed by atoms with Crippen LogP contribution in [0.1, 0.15) is 52.5 Å². The number of pyridine rings is 1. The molecule has 1 aliphatic rings. The molecule has 0 aliphatic heterocycles. The monoisotopic (exact) mass is 520 g/mol. The Morgan fingerprint density at radius 3 is 2.55 bits per heavy atom. The summed E-state index contributed by atoms with van der Waals surface area (Å²) in [4.78, 5) is 30.3. The van der Waals surface area contributed by atoms with E-state index in [0.717, 1.165) is 47.8 Å². The van der Waals surface area contributed by atoms with Gasteiger partial charge in [0.25, 0.3) is 5.56 Å². The summed E-state index contributed by atoms with van der Waals surface area (Å²) in [6, 6.07) is 5.09. The molecule has 1 N–H and O–H groups in total. The molecule has 1 aliphatic carbocycles. The zero-order valence-electron chi connectivity index (χ0n) is 22.2. The van der Waals surface area contributed by atoms with Crippen molar-refractivity contribution in [2.45, 2.75) is 64.2 Å². The predicted molar refractivity (Wildman–Crippen MR) is 141 cm³/mol. The topological polar surface area (TPSA) is 133 Å². The molecule has 0 radical (unpaired) electrons. The van der Waals surface area contributed by atoms with Crippen LogP contribution >= 0.6 is 0 Å². The molecule has 38 heavy (non-hydrogen) atoms. The molecule has 0 unspecified atom stereocenters. The van der Waals surface area contributed by atoms with Crippen LogP contribution in [0.4, 0.5) is 10.6 Å². The third kappa shape index (κ3) is 5.24. The Morgan fingerprint density at radius 2 is 1.89 bits per heavy atom. The third-order valence-electron chi connectivity index (χ3n) is 6.57. The molecule has 4 aromatic heterocycles. The largest absolute Gasteiger partial charge is 0.473 e. The first-order chi connectivity index (χ1) is 18.1. The highest BCUT2D eigenvalue weighted by atomic mass is 16.6. The number of fused-ring (bicyclic) bond motifs is 1. The van der Waals surface area contributed by atoms with Crippen molar-refractivity contribution in [3.05, 3.63) is 47.1 Å². The van der Waals surface area contributed by atoms with Crippen LogP contribution in [0.2, 0.25) is 0 Å². The predicted octanol–water partition coefficient (Wildman–Crippen LogP) is 3.85. The van der Waals surface area contributed by atoms with Gasteiger partial charge in [-0.15, -0.1) is 5.10 Å². The smallest absolute Gasteiger partial charge is 0.415 e. The molecule has 0 saturated heterocycles. The maximum atomic E-state index is 12.7. The molecule has 0 bridgehead atoms. The van der Waals surface area contributed by atoms with Crippen LogP contribution in [0.15, 0.2) is 41.6 Å². The van der Waals surface area contributed by atoms with E-state index in [1.54, 1.807) is 38.8 Å². The van der Waals surface area contributed by atoms with Crippen molar-refractivity contribution in [3.8, 4) is 17.1 Å². The highest BCUT2D eigenvalue weighted by Gasteiger charge is 2.28. The standard InChI is InChI=1S/C26H32N8O4/c1-26(2,3)38-25(36)32(4)21-12-20-19(15-27-21)24(16-13-28-29-14-16)31-34(20)17-6-8-18(9-7-17)37-22-10-11-23(35)33(5)30-22/h10-15,17-18H,6-9H2,1-5H3,(H,28,29). The Balaban J connectivity index is 1.41. The van der Waals surface area contributed by atoms with Gasteiger partial charge in [0.15, 0.2) is 0 Å². The quantitative estimate of drug-likeness (QED) is 0.420. The van der Waals surface area contributed by atoms with E-state index in [-0.39, 0.29) is 17.7 Å². The van der Waals surface area contributed by atoms with Crippen LogP contribution < -0.4 is 15.2 Å². The summed E-state index contributed by atoms with van der Waals surface area (Å²) >= 11 is 0. The van der Waals surface area contributed by atoms with Gasteiger partial charge in [-0.2, -0.15) is 10.2 Å². The summed E-state index contributed by atoms with van der Waals surface area (Å²) in [5, 5.41) is 17.0. The second-order valence-electron chi connectivity index (χ2n) is 10.6. The lowest BCUT2D eigenvalue weighted by Gasteiger charge is -2.29. The molecular formula is C26H32N8O4. The number of nitrogens with one attached hydrogen (secondary N) is 1. The summed E-state index contributed by atoms with van der Waals surface area (Å²) < 4.78 is 14.9. The van der Waals surface area contributed by atoms with Gasteiger partial charge in [-0.25, -0.2) is 14.5 Å². The van der Waals surface area contributed by atoms with E-state index >= 15 is 0 Å². The van der Waals surface area contributed by atoms with E-state index in [1.165, 1.54) is 15.6 Å². The fourth-order valence-electron chi connectivity index (χ4n) is 4.62. The number of rotatable bonds is 5. The minimum Gasteiger partial charge on any atom is -0.473 e. The van der Waals surface area contributed by atoms with E-state index in [1.807, 2.05) is 31.5 Å². The average molecular weight is 521 g/mol. The number of anilines is 1. The fraction of sp³-hybridized carbons (Fsp3) is 0.462. The molecule has 4 aromatic rings. The number of carbonyl (C=O) groups excluding carboxylic acids is 1. The van der Waals surface area contributed by atoms with Crippen LogP contribution in [0.5, 0.6) is 5.88 Å². The number of hydrogen-bond donors (Lipinski definition) is 1. The second kappa shape index (κ2) is 9.92. The number of aromatic nitrogens is 7. The molecule has 12 nitrogen and oxygen atoms in total. The Morgan fingerprint density at radius 1 is 1.13 bits per heavy atom. The molecule has 200 valence electrons. The Kier molecular flexibility index (Phi) is 6.64. The Labute approximate surface area is 219 Å². The molecule has 1 saturated carbocycles. The Hall–Kier alpha value is -4.22. The number of hydrogen-bond acceptors (Lipinski definition) is 8. The van der Waals surface area contributed by atoms with Crippen molar-refractivity contribution < 1.29 is 14.3 Å². The lowest BCUT2D eigenvalue weighted by molar-refractivity contribution is 0.0588. The van der Waals surface area contributed by atoms with Crippen LogP contribution in [-0.4, -0.2) is 59.6 Å². The molecule has 0 aromatic carbocycles. The summed E-state index contributed by atoms with van der Waals surface area (Å²) in [6.07, 6.45) is 8.13. The van der Waals surface area contributed by atoms with Gasteiger partial charge in [0, 0.05) is 55.6 Å². The van der Waals surface area contributed by atoms with Crippen molar-refractivity contribution in [2.24, 2.45) is 7.05 Å². The van der Waals surface area contributed by atoms with E-state index in [2.05, 4.69) is 20.3 Å². The Bertz CT molecular complexity index is 1490. The number of nitrogens with zero attached hydrogens (tertiary/aromatic N) is 7. The van der Waals surface area contributed by atoms with E-state index in [0.29, 0.717) is 11.7 Å². The molecule has 12 heteroatoms. The molecule has 4 heterocycles. The van der Waals surface area contributed by atoms with Crippen LogP contribution in [-0.2, 0) is 11.8 Å². The third-order valence-corrected chi connectivity index (χ3v) is 6.57. The van der Waals surface area contributed by atoms with E-state index in [9.17, 15) is 9.59 Å². The summed E-state index contributed by atoms with van der Waals surface area (Å²) in [6.45, 7) is 5.49. The molecule has 5 rings (SSSR count). The van der Waals surface area contributed by atoms with Crippen LogP contribution in [0, 0.1) is 0 Å². The first kappa shape index (κ1) is 25.4. The van der Waals surface area contributed by atoms with E-state index in [4.69, 9.17) is 14.6 Å². The molecule has 1 fully saturated rings. The van der Waals surface area contributed by atoms with Gasteiger partial charge in [-0.1, -0.05) is 0 Å². The number of ether oxygens (including phenoxy) is 2. The maximum Gasteiger partial charge on any atom is 0.415 e. The number of aromatic amines is 1. The summed E-state index contributed by atoms with van der Waals surface area (Å²) in [7, 11) is 3.26. The highest BCUT2D eigenvalue weighted by Crippen LogP contribution is 2.36. The minimum atomic E-state index is -0.615. The van der Waals surface area contributed by atoms with Crippen LogP contribution in [0.25, 0.3) is 22.2 Å². The van der Waals surface area contributed by atoms with Gasteiger partial charge < -0.3 is 9.47 Å². The number of aryl methyl sites for hydroxylation is 1. The second-order valence-corrected chi connectivity index (χ2v) is 10.6. The van der Waals surface area contributed by atoms with Crippen molar-refractivity contribution in [1.29, 1.82) is 0 Å². The van der Waals surface area contributed by atoms with Gasteiger partial charge in [-0.3, -0.25) is 19.5 Å². The number of carbonyl (C=O) groups is 1. The number of amides is 1. The lowest BCUT2D eigenvalue weighted by Crippen LogP contribution is -2.34. The minimum absolute atomic E-state index is 0.00181. The SMILES string of the molecule is CN(C(=O)OC(C)(C)C)c1cc2c(cn1)c(-c1cn[nH]c1)nn2C1CCC(Oc2ccc(=O)n(C)n2)CC1. The van der Waals surface area contributed by atoms with Crippen LogP contribution in [0.3, 0.4) is 0 Å². The highest BCUT2D eigenvalue weighted by molar-refractivity contribution is 5.95. The summed E-state index contributed by atoms with van der Waals surface area (Å²) in [5.41, 5.74) is 1.73. The van der Waals surface area contributed by atoms with Gasteiger partial charge in [-0.05, 0) is 46.5 Å². The van der Waals surface area contributed by atoms with Gasteiger partial charge >= 0.3 is 6.09 Å². The van der Waals surface area contributed by atoms with Gasteiger partial charge in [0.1, 0.15) is 23.2 Å². The van der Waals surface area contributed by atoms with Gasteiger partial charge in [0.2, 0.25) is 5.88 Å². The average Bonchev–Trinajstić information content (AvgIpc) is 3.53. The maximum absolute atomic E-state index is 12.7.